The summed E-state index contributed by atoms with van der Waals surface area (Å²) in [4.78, 5) is 17.1. The van der Waals surface area contributed by atoms with Crippen LogP contribution in [0.5, 0.6) is 0 Å². The fourth-order valence-corrected chi connectivity index (χ4v) is 3.06. The first-order valence-corrected chi connectivity index (χ1v) is 8.62. The predicted molar refractivity (Wildman–Crippen MR) is 103 cm³/mol. The molecule has 140 valence electrons. The lowest BCUT2D eigenvalue weighted by molar-refractivity contribution is 0.102. The Labute approximate surface area is 159 Å². The Morgan fingerprint density at radius 3 is 2.64 bits per heavy atom. The summed E-state index contributed by atoms with van der Waals surface area (Å²) in [7, 11) is 0. The summed E-state index contributed by atoms with van der Waals surface area (Å²) in [5.41, 5.74) is 2.05. The molecule has 0 spiro atoms. The second-order valence-electron chi connectivity index (χ2n) is 6.48. The molecule has 0 aliphatic heterocycles. The van der Waals surface area contributed by atoms with Gasteiger partial charge >= 0.3 is 0 Å². The van der Waals surface area contributed by atoms with Gasteiger partial charge < -0.3 is 5.32 Å². The Kier molecular flexibility index (Phi) is 4.35. The molecule has 0 unspecified atom stereocenters. The quantitative estimate of drug-likeness (QED) is 0.568. The molecule has 0 saturated heterocycles. The zero-order valence-electron chi connectivity index (χ0n) is 15.2. The smallest absolute Gasteiger partial charge is 0.259 e. The lowest BCUT2D eigenvalue weighted by atomic mass is 10.1. The Morgan fingerprint density at radius 2 is 1.82 bits per heavy atom. The van der Waals surface area contributed by atoms with Gasteiger partial charge in [-0.1, -0.05) is 18.2 Å². The average molecular weight is 378 g/mol. The fraction of sp³-hybridized carbons (Fsp3) is 0.0952. The van der Waals surface area contributed by atoms with Crippen molar-refractivity contribution < 1.29 is 13.6 Å². The number of aromatic nitrogens is 3. The molecule has 0 aliphatic rings. The van der Waals surface area contributed by atoms with Gasteiger partial charge in [0.15, 0.2) is 5.82 Å². The number of carbonyl (C=O) groups excluding carboxylic acids is 1. The minimum absolute atomic E-state index is 0.313. The number of nitrogens with zero attached hydrogens (tertiary/aromatic N) is 3. The van der Waals surface area contributed by atoms with Crippen LogP contribution in [0.1, 0.15) is 21.6 Å². The number of hydrogen-bond donors (Lipinski definition) is 1. The van der Waals surface area contributed by atoms with Gasteiger partial charge in [0, 0.05) is 11.5 Å². The van der Waals surface area contributed by atoms with E-state index >= 15 is 0 Å². The predicted octanol–water partition coefficient (Wildman–Crippen LogP) is 4.57. The molecular formula is C21H16F2N4O. The minimum Gasteiger partial charge on any atom is -0.306 e. The highest BCUT2D eigenvalue weighted by Gasteiger charge is 2.17. The topological polar surface area (TPSA) is 59.8 Å². The normalized spacial score (nSPS) is 11.0. The van der Waals surface area contributed by atoms with Gasteiger partial charge in [-0.2, -0.15) is 9.78 Å². The maximum Gasteiger partial charge on any atom is 0.259 e. The van der Waals surface area contributed by atoms with Crippen molar-refractivity contribution in [3.8, 4) is 5.82 Å². The number of anilines is 1. The zero-order chi connectivity index (χ0) is 19.8. The van der Waals surface area contributed by atoms with Crippen molar-refractivity contribution in [1.29, 1.82) is 0 Å². The molecule has 0 aliphatic carbocycles. The maximum absolute atomic E-state index is 13.9. The summed E-state index contributed by atoms with van der Waals surface area (Å²) in [6.07, 6.45) is 0. The number of hydrogen-bond acceptors (Lipinski definition) is 3. The van der Waals surface area contributed by atoms with Crippen LogP contribution in [0.2, 0.25) is 0 Å². The van der Waals surface area contributed by atoms with Crippen molar-refractivity contribution in [2.45, 2.75) is 13.8 Å². The lowest BCUT2D eigenvalue weighted by Crippen LogP contribution is -2.17. The van der Waals surface area contributed by atoms with Crippen LogP contribution in [0.3, 0.4) is 0 Å². The van der Waals surface area contributed by atoms with Crippen LogP contribution in [-0.4, -0.2) is 20.7 Å². The Hall–Kier alpha value is -3.61. The number of nitrogens with one attached hydrogen (secondary N) is 1. The molecule has 0 fully saturated rings. The van der Waals surface area contributed by atoms with Crippen LogP contribution in [0.15, 0.2) is 54.6 Å². The van der Waals surface area contributed by atoms with Gasteiger partial charge in [-0.3, -0.25) is 4.79 Å². The first-order chi connectivity index (χ1) is 13.4. The minimum atomic E-state index is -0.804. The summed E-state index contributed by atoms with van der Waals surface area (Å²) in [5.74, 6) is -1.44. The van der Waals surface area contributed by atoms with E-state index in [-0.39, 0.29) is 5.56 Å². The first kappa shape index (κ1) is 17.8. The largest absolute Gasteiger partial charge is 0.306 e. The molecule has 0 bridgehead atoms. The molecule has 7 heteroatoms. The van der Waals surface area contributed by atoms with Crippen molar-refractivity contribution in [2.75, 3.05) is 5.32 Å². The zero-order valence-corrected chi connectivity index (χ0v) is 15.2. The number of pyridine rings is 1. The van der Waals surface area contributed by atoms with E-state index in [1.807, 2.05) is 37.3 Å². The van der Waals surface area contributed by atoms with Crippen LogP contribution < -0.4 is 5.32 Å². The van der Waals surface area contributed by atoms with Crippen molar-refractivity contribution in [1.82, 2.24) is 14.8 Å². The fourth-order valence-electron chi connectivity index (χ4n) is 3.06. The van der Waals surface area contributed by atoms with Crippen LogP contribution in [0.25, 0.3) is 16.7 Å². The summed E-state index contributed by atoms with van der Waals surface area (Å²) in [6.45, 7) is 3.73. The summed E-state index contributed by atoms with van der Waals surface area (Å²) >= 11 is 0. The van der Waals surface area contributed by atoms with Crippen molar-refractivity contribution in [3.05, 3.63) is 83.1 Å². The monoisotopic (exact) mass is 378 g/mol. The number of carbonyl (C=O) groups is 1. The lowest BCUT2D eigenvalue weighted by Gasteiger charge is -2.11. The molecule has 0 atom stereocenters. The highest BCUT2D eigenvalue weighted by molar-refractivity contribution is 6.04. The Balaban J connectivity index is 1.75. The van der Waals surface area contributed by atoms with E-state index in [9.17, 15) is 13.6 Å². The SMILES string of the molecule is Cc1cc(NC(=O)c2cc(F)ccc2F)n(-c2cc(C)c3ccccc3n2)n1. The molecule has 4 aromatic rings. The Bertz CT molecular complexity index is 1220. The van der Waals surface area contributed by atoms with Crippen LogP contribution in [0, 0.1) is 25.5 Å². The number of rotatable bonds is 3. The number of para-hydroxylation sites is 1. The third kappa shape index (κ3) is 3.22. The van der Waals surface area contributed by atoms with Gasteiger partial charge in [-0.25, -0.2) is 13.8 Å². The van der Waals surface area contributed by atoms with Crippen molar-refractivity contribution in [3.63, 3.8) is 0 Å². The number of halogens is 2. The molecule has 1 N–H and O–H groups in total. The number of benzene rings is 2. The first-order valence-electron chi connectivity index (χ1n) is 8.62. The molecule has 2 aromatic heterocycles. The van der Waals surface area contributed by atoms with E-state index in [2.05, 4.69) is 15.4 Å². The second-order valence-corrected chi connectivity index (χ2v) is 6.48. The molecule has 2 heterocycles. The molecule has 2 aromatic carbocycles. The molecule has 28 heavy (non-hydrogen) atoms. The van der Waals surface area contributed by atoms with E-state index in [4.69, 9.17) is 0 Å². The van der Waals surface area contributed by atoms with Gasteiger partial charge in [-0.15, -0.1) is 0 Å². The molecule has 0 saturated carbocycles. The highest BCUT2D eigenvalue weighted by Crippen LogP contribution is 2.23. The standard InChI is InChI=1S/C21H16F2N4O/c1-12-9-19(24-18-6-4-3-5-15(12)18)27-20(10-13(2)26-27)25-21(28)16-11-14(22)7-8-17(16)23/h3-11H,1-2H3,(H,25,28). The van der Waals surface area contributed by atoms with Gasteiger partial charge in [0.05, 0.1) is 16.8 Å². The van der Waals surface area contributed by atoms with Gasteiger partial charge in [0.1, 0.15) is 17.5 Å². The second kappa shape index (κ2) is 6.84. The third-order valence-electron chi connectivity index (χ3n) is 4.37. The van der Waals surface area contributed by atoms with Crippen LogP contribution >= 0.6 is 0 Å². The van der Waals surface area contributed by atoms with E-state index in [0.29, 0.717) is 17.3 Å². The van der Waals surface area contributed by atoms with Crippen molar-refractivity contribution >= 4 is 22.6 Å². The van der Waals surface area contributed by atoms with Gasteiger partial charge in [0.2, 0.25) is 0 Å². The Morgan fingerprint density at radius 1 is 1.04 bits per heavy atom. The maximum atomic E-state index is 13.9. The van der Waals surface area contributed by atoms with Crippen LogP contribution in [-0.2, 0) is 0 Å². The van der Waals surface area contributed by atoms with E-state index in [1.54, 1.807) is 13.0 Å². The average Bonchev–Trinajstić information content (AvgIpc) is 3.03. The number of aryl methyl sites for hydroxylation is 2. The van der Waals surface area contributed by atoms with E-state index in [1.165, 1.54) is 4.68 Å². The molecule has 4 rings (SSSR count). The summed E-state index contributed by atoms with van der Waals surface area (Å²) in [6, 6.07) is 13.9. The van der Waals surface area contributed by atoms with Crippen LogP contribution in [0.4, 0.5) is 14.6 Å². The summed E-state index contributed by atoms with van der Waals surface area (Å²) in [5, 5.41) is 8.00. The number of amides is 1. The number of fused-ring (bicyclic) bond motifs is 1. The van der Waals surface area contributed by atoms with E-state index in [0.717, 1.165) is 34.7 Å². The van der Waals surface area contributed by atoms with Gasteiger partial charge in [0.25, 0.3) is 5.91 Å². The van der Waals surface area contributed by atoms with E-state index < -0.39 is 17.5 Å². The molecule has 0 radical (unpaired) electrons. The molecule has 5 nitrogen and oxygen atoms in total. The molecular weight excluding hydrogens is 362 g/mol. The third-order valence-corrected chi connectivity index (χ3v) is 4.37. The molecule has 1 amide bonds. The van der Waals surface area contributed by atoms with Crippen molar-refractivity contribution in [2.24, 2.45) is 0 Å². The highest BCUT2D eigenvalue weighted by atomic mass is 19.1. The summed E-state index contributed by atoms with van der Waals surface area (Å²) < 4.78 is 28.8. The van der Waals surface area contributed by atoms with Gasteiger partial charge in [-0.05, 0) is 49.7 Å².